The van der Waals surface area contributed by atoms with E-state index in [0.717, 1.165) is 10.5 Å². The van der Waals surface area contributed by atoms with E-state index in [1.54, 1.807) is 0 Å². The number of aromatic nitrogens is 2. The van der Waals surface area contributed by atoms with Gasteiger partial charge in [0.2, 0.25) is 0 Å². The lowest BCUT2D eigenvalue weighted by molar-refractivity contribution is 0.682. The molecule has 4 nitrogen and oxygen atoms in total. The zero-order valence-corrected chi connectivity index (χ0v) is 9.64. The quantitative estimate of drug-likeness (QED) is 0.844. The summed E-state index contributed by atoms with van der Waals surface area (Å²) >= 11 is 0. The molecule has 0 aliphatic carbocycles. The highest BCUT2D eigenvalue weighted by Crippen LogP contribution is 2.11. The molecule has 2 rings (SSSR count). The number of hydrogen-bond donors (Lipinski definition) is 2. The number of hydrogen-bond acceptors (Lipinski definition) is 2. The first-order chi connectivity index (χ1) is 7.65. The van der Waals surface area contributed by atoms with Gasteiger partial charge in [0.1, 0.15) is 0 Å². The number of rotatable bonds is 3. The van der Waals surface area contributed by atoms with Crippen LogP contribution in [0.15, 0.2) is 40.0 Å². The van der Waals surface area contributed by atoms with Crippen molar-refractivity contribution in [3.05, 3.63) is 51.9 Å². The van der Waals surface area contributed by atoms with Crippen molar-refractivity contribution in [1.82, 2.24) is 10.2 Å². The van der Waals surface area contributed by atoms with Crippen LogP contribution in [0.4, 0.5) is 0 Å². The van der Waals surface area contributed by atoms with Crippen LogP contribution in [0.1, 0.15) is 11.3 Å². The minimum atomic E-state index is -1.12. The third-order valence-electron chi connectivity index (χ3n) is 2.22. The molecule has 2 aromatic rings. The number of benzene rings is 1. The van der Waals surface area contributed by atoms with Gasteiger partial charge < -0.3 is 5.10 Å². The van der Waals surface area contributed by atoms with Gasteiger partial charge in [0.15, 0.2) is 0 Å². The first-order valence-corrected chi connectivity index (χ1v) is 6.18. The summed E-state index contributed by atoms with van der Waals surface area (Å²) in [6.07, 6.45) is 0. The van der Waals surface area contributed by atoms with Crippen molar-refractivity contribution in [2.45, 2.75) is 17.6 Å². The molecule has 0 spiro atoms. The molecule has 1 aromatic carbocycles. The lowest BCUT2D eigenvalue weighted by Gasteiger charge is -2.00. The normalized spacial score (nSPS) is 12.6. The van der Waals surface area contributed by atoms with E-state index in [1.165, 1.54) is 6.07 Å². The summed E-state index contributed by atoms with van der Waals surface area (Å²) in [5.41, 5.74) is 1.59. The molecule has 0 amide bonds. The van der Waals surface area contributed by atoms with Crippen molar-refractivity contribution in [2.75, 3.05) is 0 Å². The van der Waals surface area contributed by atoms with Crippen LogP contribution in [-0.2, 0) is 16.6 Å². The van der Waals surface area contributed by atoms with Gasteiger partial charge in [0, 0.05) is 16.7 Å². The van der Waals surface area contributed by atoms with Gasteiger partial charge in [-0.15, -0.1) is 0 Å². The third kappa shape index (κ3) is 2.49. The Balaban J connectivity index is 2.14. The fourth-order valence-corrected chi connectivity index (χ4v) is 2.41. The van der Waals surface area contributed by atoms with E-state index in [0.29, 0.717) is 11.4 Å². The Labute approximate surface area is 95.2 Å². The first-order valence-electron chi connectivity index (χ1n) is 4.87. The van der Waals surface area contributed by atoms with Crippen molar-refractivity contribution in [2.24, 2.45) is 0 Å². The Kier molecular flexibility index (Phi) is 3.05. The Morgan fingerprint density at radius 3 is 2.44 bits per heavy atom. The van der Waals surface area contributed by atoms with E-state index in [4.69, 9.17) is 0 Å². The average molecular weight is 236 g/mol. The van der Waals surface area contributed by atoms with Gasteiger partial charge in [-0.2, -0.15) is 0 Å². The van der Waals surface area contributed by atoms with E-state index in [-0.39, 0.29) is 5.56 Å². The summed E-state index contributed by atoms with van der Waals surface area (Å²) in [5.74, 6) is 0.321. The van der Waals surface area contributed by atoms with Gasteiger partial charge in [-0.25, -0.2) is 0 Å². The maximum absolute atomic E-state index is 11.9. The van der Waals surface area contributed by atoms with Crippen LogP contribution in [0.2, 0.25) is 0 Å². The number of aryl methyl sites for hydroxylation is 1. The molecule has 1 aromatic heterocycles. The zero-order chi connectivity index (χ0) is 11.5. The van der Waals surface area contributed by atoms with E-state index >= 15 is 0 Å². The molecule has 0 aliphatic rings. The van der Waals surface area contributed by atoms with Crippen LogP contribution in [-0.4, -0.2) is 14.4 Å². The van der Waals surface area contributed by atoms with Gasteiger partial charge >= 0.3 is 0 Å². The van der Waals surface area contributed by atoms with E-state index in [9.17, 15) is 9.00 Å². The highest BCUT2D eigenvalue weighted by molar-refractivity contribution is 7.84. The molecule has 0 bridgehead atoms. The second-order valence-corrected chi connectivity index (χ2v) is 5.04. The Morgan fingerprint density at radius 1 is 1.19 bits per heavy atom. The number of nitrogens with one attached hydrogen (secondary N) is 2. The van der Waals surface area contributed by atoms with Crippen LogP contribution in [0, 0.1) is 6.92 Å². The SMILES string of the molecule is Cc1ccc(S(=O)Cc2cc(=O)[nH][nH]2)cc1. The van der Waals surface area contributed by atoms with Crippen molar-refractivity contribution in [3.8, 4) is 0 Å². The molecular formula is C11H12N2O2S. The topological polar surface area (TPSA) is 65.7 Å². The molecule has 5 heteroatoms. The summed E-state index contributed by atoms with van der Waals surface area (Å²) in [6, 6.07) is 8.96. The predicted molar refractivity (Wildman–Crippen MR) is 62.7 cm³/mol. The van der Waals surface area contributed by atoms with Crippen molar-refractivity contribution in [3.63, 3.8) is 0 Å². The highest BCUT2D eigenvalue weighted by atomic mass is 32.2. The minimum Gasteiger partial charge on any atom is -0.301 e. The van der Waals surface area contributed by atoms with Gasteiger partial charge in [-0.05, 0) is 19.1 Å². The second kappa shape index (κ2) is 4.49. The van der Waals surface area contributed by atoms with Crippen LogP contribution < -0.4 is 5.56 Å². The fraction of sp³-hybridized carbons (Fsp3) is 0.182. The van der Waals surface area contributed by atoms with Gasteiger partial charge in [0.25, 0.3) is 5.56 Å². The monoisotopic (exact) mass is 236 g/mol. The molecule has 2 N–H and O–H groups in total. The first kappa shape index (κ1) is 10.9. The van der Waals surface area contributed by atoms with E-state index in [1.807, 2.05) is 31.2 Å². The summed E-state index contributed by atoms with van der Waals surface area (Å²) in [7, 11) is -1.12. The van der Waals surface area contributed by atoms with E-state index < -0.39 is 10.8 Å². The van der Waals surface area contributed by atoms with Crippen LogP contribution >= 0.6 is 0 Å². The molecule has 1 unspecified atom stereocenters. The number of H-pyrrole nitrogens is 2. The molecule has 16 heavy (non-hydrogen) atoms. The molecule has 0 saturated carbocycles. The Bertz CT molecular complexity index is 554. The van der Waals surface area contributed by atoms with Crippen LogP contribution in [0.25, 0.3) is 0 Å². The van der Waals surface area contributed by atoms with Gasteiger partial charge in [-0.3, -0.25) is 14.1 Å². The Hall–Kier alpha value is -1.62. The van der Waals surface area contributed by atoms with Crippen molar-refractivity contribution >= 4 is 10.8 Å². The average Bonchev–Trinajstić information content (AvgIpc) is 2.65. The maximum atomic E-state index is 11.9. The summed E-state index contributed by atoms with van der Waals surface area (Å²) in [5, 5.41) is 5.11. The highest BCUT2D eigenvalue weighted by Gasteiger charge is 2.06. The van der Waals surface area contributed by atoms with Crippen molar-refractivity contribution < 1.29 is 4.21 Å². The summed E-state index contributed by atoms with van der Waals surface area (Å²) < 4.78 is 11.9. The van der Waals surface area contributed by atoms with Crippen molar-refractivity contribution in [1.29, 1.82) is 0 Å². The molecular weight excluding hydrogens is 224 g/mol. The standard InChI is InChI=1S/C11H12N2O2S/c1-8-2-4-10(5-3-8)16(15)7-9-6-11(14)13-12-9/h2-6H,7H2,1H3,(H2,12,13,14). The Morgan fingerprint density at radius 2 is 1.88 bits per heavy atom. The van der Waals surface area contributed by atoms with Gasteiger partial charge in [-0.1, -0.05) is 17.7 Å². The summed E-state index contributed by atoms with van der Waals surface area (Å²) in [6.45, 7) is 1.98. The maximum Gasteiger partial charge on any atom is 0.264 e. The largest absolute Gasteiger partial charge is 0.301 e. The minimum absolute atomic E-state index is 0.198. The second-order valence-electron chi connectivity index (χ2n) is 3.59. The molecule has 0 radical (unpaired) electrons. The lowest BCUT2D eigenvalue weighted by atomic mass is 10.2. The van der Waals surface area contributed by atoms with Gasteiger partial charge in [0.05, 0.1) is 16.6 Å². The molecule has 0 aliphatic heterocycles. The molecule has 84 valence electrons. The molecule has 1 heterocycles. The van der Waals surface area contributed by atoms with E-state index in [2.05, 4.69) is 10.2 Å². The predicted octanol–water partition coefficient (Wildman–Crippen LogP) is 1.32. The molecule has 0 fully saturated rings. The van der Waals surface area contributed by atoms with Crippen LogP contribution in [0.3, 0.4) is 0 Å². The smallest absolute Gasteiger partial charge is 0.264 e. The molecule has 1 atom stereocenters. The zero-order valence-electron chi connectivity index (χ0n) is 8.82. The molecule has 0 saturated heterocycles. The van der Waals surface area contributed by atoms with Crippen LogP contribution in [0.5, 0.6) is 0 Å². The third-order valence-corrected chi connectivity index (χ3v) is 3.59. The summed E-state index contributed by atoms with van der Waals surface area (Å²) in [4.78, 5) is 11.6. The fourth-order valence-electron chi connectivity index (χ4n) is 1.36. The lowest BCUT2D eigenvalue weighted by Crippen LogP contribution is -1.97. The number of aromatic amines is 2.